The van der Waals surface area contributed by atoms with E-state index in [9.17, 15) is 8.42 Å². The molecule has 1 aromatic carbocycles. The minimum absolute atomic E-state index is 0.260. The number of benzene rings is 1. The first-order chi connectivity index (χ1) is 9.48. The minimum atomic E-state index is -3.44. The molecule has 5 nitrogen and oxygen atoms in total. The fraction of sp³-hybridized carbons (Fsp3) is 0.538. The second-order valence-corrected chi connectivity index (χ2v) is 7.57. The summed E-state index contributed by atoms with van der Waals surface area (Å²) in [6, 6.07) is 4.86. The highest BCUT2D eigenvalue weighted by Crippen LogP contribution is 2.30. The fourth-order valence-electron chi connectivity index (χ4n) is 2.27. The fourth-order valence-corrected chi connectivity index (χ4v) is 4.47. The molecule has 112 valence electrons. The van der Waals surface area contributed by atoms with E-state index in [2.05, 4.69) is 15.9 Å². The van der Waals surface area contributed by atoms with Gasteiger partial charge in [-0.2, -0.15) is 4.31 Å². The van der Waals surface area contributed by atoms with Crippen LogP contribution in [0.25, 0.3) is 0 Å². The first-order valence-corrected chi connectivity index (χ1v) is 8.85. The molecular formula is C13H19BrN2O3S. The molecule has 0 spiro atoms. The van der Waals surface area contributed by atoms with Crippen molar-refractivity contribution in [3.05, 3.63) is 22.7 Å². The summed E-state index contributed by atoms with van der Waals surface area (Å²) in [6.45, 7) is 3.99. The zero-order valence-electron chi connectivity index (χ0n) is 11.4. The number of ether oxygens (including phenoxy) is 1. The highest BCUT2D eigenvalue weighted by atomic mass is 79.9. The third kappa shape index (κ3) is 3.16. The van der Waals surface area contributed by atoms with E-state index < -0.39 is 10.0 Å². The van der Waals surface area contributed by atoms with E-state index in [1.54, 1.807) is 18.2 Å². The summed E-state index contributed by atoms with van der Waals surface area (Å²) in [4.78, 5) is 0.283. The molecule has 1 aromatic rings. The highest BCUT2D eigenvalue weighted by molar-refractivity contribution is 9.10. The average Bonchev–Trinajstić information content (AvgIpc) is 2.90. The van der Waals surface area contributed by atoms with Gasteiger partial charge in [0, 0.05) is 13.1 Å². The molecule has 0 bridgehead atoms. The van der Waals surface area contributed by atoms with Crippen molar-refractivity contribution in [1.29, 1.82) is 0 Å². The lowest BCUT2D eigenvalue weighted by molar-refractivity contribution is 0.338. The van der Waals surface area contributed by atoms with Crippen molar-refractivity contribution in [3.8, 4) is 5.75 Å². The molecule has 1 unspecified atom stereocenters. The number of hydrogen-bond donors (Lipinski definition) is 1. The van der Waals surface area contributed by atoms with Gasteiger partial charge in [-0.15, -0.1) is 0 Å². The molecule has 0 radical (unpaired) electrons. The maximum absolute atomic E-state index is 12.5. The first-order valence-electron chi connectivity index (χ1n) is 6.61. The van der Waals surface area contributed by atoms with Crippen molar-refractivity contribution in [3.63, 3.8) is 0 Å². The Labute approximate surface area is 128 Å². The molecule has 20 heavy (non-hydrogen) atoms. The molecule has 7 heteroatoms. The number of halogens is 1. The molecule has 0 aromatic heterocycles. The zero-order valence-corrected chi connectivity index (χ0v) is 13.8. The van der Waals surface area contributed by atoms with Crippen LogP contribution in [-0.4, -0.2) is 39.0 Å². The molecule has 0 saturated carbocycles. The van der Waals surface area contributed by atoms with Gasteiger partial charge in [0.25, 0.3) is 0 Å². The molecular weight excluding hydrogens is 344 g/mol. The van der Waals surface area contributed by atoms with Crippen LogP contribution in [0.1, 0.15) is 13.3 Å². The Bertz CT molecular complexity index is 577. The van der Waals surface area contributed by atoms with E-state index in [-0.39, 0.29) is 10.8 Å². The average molecular weight is 363 g/mol. The van der Waals surface area contributed by atoms with Gasteiger partial charge in [0.15, 0.2) is 0 Å². The van der Waals surface area contributed by atoms with Crippen LogP contribution >= 0.6 is 15.9 Å². The zero-order chi connectivity index (χ0) is 14.8. The molecule has 2 rings (SSSR count). The van der Waals surface area contributed by atoms with Crippen molar-refractivity contribution in [2.24, 2.45) is 11.7 Å². The van der Waals surface area contributed by atoms with E-state index in [1.807, 2.05) is 6.92 Å². The van der Waals surface area contributed by atoms with E-state index in [0.29, 0.717) is 36.5 Å². The molecule has 1 atom stereocenters. The summed E-state index contributed by atoms with van der Waals surface area (Å²) >= 11 is 3.35. The number of nitrogens with zero attached hydrogens (tertiary/aromatic N) is 1. The van der Waals surface area contributed by atoms with Crippen molar-refractivity contribution in [2.75, 3.05) is 26.2 Å². The van der Waals surface area contributed by atoms with Crippen LogP contribution in [-0.2, 0) is 10.0 Å². The standard InChI is InChI=1S/C13H19BrN2O3S/c1-2-19-13-4-3-11(7-12(13)14)20(17,18)16-6-5-10(8-15)9-16/h3-4,7,10H,2,5-6,8-9,15H2,1H3. The summed E-state index contributed by atoms with van der Waals surface area (Å²) in [5, 5.41) is 0. The maximum Gasteiger partial charge on any atom is 0.243 e. The number of hydrogen-bond acceptors (Lipinski definition) is 4. The molecule has 0 aliphatic carbocycles. The van der Waals surface area contributed by atoms with Crippen LogP contribution < -0.4 is 10.5 Å². The van der Waals surface area contributed by atoms with Gasteiger partial charge in [-0.25, -0.2) is 8.42 Å². The second-order valence-electron chi connectivity index (χ2n) is 4.78. The molecule has 1 heterocycles. The largest absolute Gasteiger partial charge is 0.493 e. The number of nitrogens with two attached hydrogens (primary N) is 1. The minimum Gasteiger partial charge on any atom is -0.493 e. The first kappa shape index (κ1) is 15.8. The van der Waals surface area contributed by atoms with Crippen LogP contribution in [0.3, 0.4) is 0 Å². The van der Waals surface area contributed by atoms with E-state index in [4.69, 9.17) is 10.5 Å². The Morgan fingerprint density at radius 1 is 1.50 bits per heavy atom. The highest BCUT2D eigenvalue weighted by Gasteiger charge is 2.32. The summed E-state index contributed by atoms with van der Waals surface area (Å²) in [5.41, 5.74) is 5.61. The van der Waals surface area contributed by atoms with Crippen molar-refractivity contribution < 1.29 is 13.2 Å². The summed E-state index contributed by atoms with van der Waals surface area (Å²) in [7, 11) is -3.44. The Balaban J connectivity index is 2.24. The predicted molar refractivity (Wildman–Crippen MR) is 81.2 cm³/mol. The number of rotatable bonds is 5. The third-order valence-corrected chi connectivity index (χ3v) is 5.90. The molecule has 1 aliphatic heterocycles. The summed E-state index contributed by atoms with van der Waals surface area (Å²) < 4.78 is 32.6. The SMILES string of the molecule is CCOc1ccc(S(=O)(=O)N2CCC(CN)C2)cc1Br. The molecule has 1 saturated heterocycles. The van der Waals surface area contributed by atoms with E-state index in [1.165, 1.54) is 4.31 Å². The lowest BCUT2D eigenvalue weighted by Crippen LogP contribution is -2.30. The van der Waals surface area contributed by atoms with E-state index >= 15 is 0 Å². The molecule has 1 fully saturated rings. The van der Waals surface area contributed by atoms with Gasteiger partial charge in [0.2, 0.25) is 10.0 Å². The summed E-state index contributed by atoms with van der Waals surface area (Å²) in [6.07, 6.45) is 0.827. The van der Waals surface area contributed by atoms with Crippen LogP contribution in [0.2, 0.25) is 0 Å². The Morgan fingerprint density at radius 3 is 2.80 bits per heavy atom. The van der Waals surface area contributed by atoms with Crippen LogP contribution in [0.5, 0.6) is 5.75 Å². The summed E-state index contributed by atoms with van der Waals surface area (Å²) in [5.74, 6) is 0.906. The van der Waals surface area contributed by atoms with E-state index in [0.717, 1.165) is 6.42 Å². The normalized spacial score (nSPS) is 20.2. The van der Waals surface area contributed by atoms with Gasteiger partial charge >= 0.3 is 0 Å². The van der Waals surface area contributed by atoms with Gasteiger partial charge in [-0.1, -0.05) is 0 Å². The van der Waals surface area contributed by atoms with Crippen LogP contribution in [0.4, 0.5) is 0 Å². The molecule has 0 amide bonds. The van der Waals surface area contributed by atoms with Gasteiger partial charge in [0.05, 0.1) is 16.0 Å². The predicted octanol–water partition coefficient (Wildman–Crippen LogP) is 1.82. The van der Waals surface area contributed by atoms with Crippen molar-refractivity contribution in [1.82, 2.24) is 4.31 Å². The Kier molecular flexibility index (Phi) is 5.06. The molecule has 2 N–H and O–H groups in total. The Morgan fingerprint density at radius 2 is 2.25 bits per heavy atom. The Hall–Kier alpha value is -0.630. The third-order valence-electron chi connectivity index (χ3n) is 3.42. The van der Waals surface area contributed by atoms with Crippen molar-refractivity contribution in [2.45, 2.75) is 18.2 Å². The monoisotopic (exact) mass is 362 g/mol. The van der Waals surface area contributed by atoms with Crippen LogP contribution in [0.15, 0.2) is 27.6 Å². The smallest absolute Gasteiger partial charge is 0.243 e. The number of sulfonamides is 1. The lowest BCUT2D eigenvalue weighted by atomic mass is 10.1. The molecule has 1 aliphatic rings. The topological polar surface area (TPSA) is 72.6 Å². The van der Waals surface area contributed by atoms with Gasteiger partial charge in [0.1, 0.15) is 5.75 Å². The van der Waals surface area contributed by atoms with Gasteiger partial charge in [-0.05, 0) is 59.9 Å². The van der Waals surface area contributed by atoms with Gasteiger partial charge < -0.3 is 10.5 Å². The van der Waals surface area contributed by atoms with Crippen LogP contribution in [0, 0.1) is 5.92 Å². The maximum atomic E-state index is 12.5. The van der Waals surface area contributed by atoms with Crippen molar-refractivity contribution >= 4 is 26.0 Å². The lowest BCUT2D eigenvalue weighted by Gasteiger charge is -2.17. The van der Waals surface area contributed by atoms with Gasteiger partial charge in [-0.3, -0.25) is 0 Å². The second kappa shape index (κ2) is 6.43. The quantitative estimate of drug-likeness (QED) is 0.866.